The number of aryl methyl sites for hydroxylation is 1. The molecule has 0 fully saturated rings. The van der Waals surface area contributed by atoms with Gasteiger partial charge in [0, 0.05) is 24.0 Å². The number of halogens is 2. The Bertz CT molecular complexity index is 1400. The molecule has 9 nitrogen and oxygen atoms in total. The molecule has 5 rings (SSSR count). The van der Waals surface area contributed by atoms with Crippen LogP contribution >= 0.6 is 11.6 Å². The van der Waals surface area contributed by atoms with E-state index in [4.69, 9.17) is 16.3 Å². The fraction of sp³-hybridized carbons (Fsp3) is 0.0909. The summed E-state index contributed by atoms with van der Waals surface area (Å²) in [6.07, 6.45) is 2.94. The highest BCUT2D eigenvalue weighted by Crippen LogP contribution is 2.25. The standard InChI is InChI=1S/C22H18ClFN8O/c1-12-6-19(32-31-12)28-15-7-17(24)20-18(8-15)29-21(30-20)25-9-13-2-4-16(5-3-13)33-22-26-10-14(23)11-27-22/h2-8,10-11H,9H2,1H3,(H2,25,29,30)(H2,28,31,32). The molecule has 0 aliphatic heterocycles. The molecule has 0 saturated heterocycles. The van der Waals surface area contributed by atoms with Crippen LogP contribution in [-0.4, -0.2) is 30.1 Å². The zero-order valence-corrected chi connectivity index (χ0v) is 18.1. The van der Waals surface area contributed by atoms with E-state index < -0.39 is 5.82 Å². The van der Waals surface area contributed by atoms with Crippen molar-refractivity contribution in [2.24, 2.45) is 0 Å². The molecule has 3 heterocycles. The van der Waals surface area contributed by atoms with Gasteiger partial charge in [0.1, 0.15) is 11.3 Å². The summed E-state index contributed by atoms with van der Waals surface area (Å²) in [4.78, 5) is 15.4. The van der Waals surface area contributed by atoms with Gasteiger partial charge < -0.3 is 20.4 Å². The second-order valence-corrected chi connectivity index (χ2v) is 7.72. The van der Waals surface area contributed by atoms with Gasteiger partial charge in [0.25, 0.3) is 0 Å². The van der Waals surface area contributed by atoms with Crippen molar-refractivity contribution in [3.63, 3.8) is 0 Å². The van der Waals surface area contributed by atoms with E-state index in [-0.39, 0.29) is 11.5 Å². The van der Waals surface area contributed by atoms with Crippen LogP contribution in [-0.2, 0) is 6.54 Å². The first kappa shape index (κ1) is 20.7. The second kappa shape index (κ2) is 8.75. The number of ether oxygens (including phenoxy) is 1. The van der Waals surface area contributed by atoms with Crippen LogP contribution in [0.25, 0.3) is 11.0 Å². The van der Waals surface area contributed by atoms with E-state index in [0.29, 0.717) is 40.3 Å². The molecule has 0 bridgehead atoms. The number of aromatic amines is 2. The normalized spacial score (nSPS) is 11.0. The molecule has 2 aromatic carbocycles. The Kier molecular flexibility index (Phi) is 5.49. The summed E-state index contributed by atoms with van der Waals surface area (Å²) in [5, 5.41) is 13.6. The molecule has 0 atom stereocenters. The molecule has 0 spiro atoms. The summed E-state index contributed by atoms with van der Waals surface area (Å²) >= 11 is 5.77. The van der Waals surface area contributed by atoms with Crippen LogP contribution in [0.2, 0.25) is 5.02 Å². The van der Waals surface area contributed by atoms with Crippen LogP contribution in [0, 0.1) is 12.7 Å². The fourth-order valence-corrected chi connectivity index (χ4v) is 3.28. The Morgan fingerprint density at radius 2 is 1.88 bits per heavy atom. The lowest BCUT2D eigenvalue weighted by atomic mass is 10.2. The number of benzene rings is 2. The van der Waals surface area contributed by atoms with Gasteiger partial charge in [-0.15, -0.1) is 0 Å². The molecule has 33 heavy (non-hydrogen) atoms. The SMILES string of the molecule is Cc1cc(Nc2cc(F)c3nc(NCc4ccc(Oc5ncc(Cl)cn5)cc4)[nH]c3c2)n[nH]1. The minimum absolute atomic E-state index is 0.214. The van der Waals surface area contributed by atoms with Gasteiger partial charge in [0.2, 0.25) is 5.95 Å². The van der Waals surface area contributed by atoms with E-state index in [1.165, 1.54) is 18.5 Å². The lowest BCUT2D eigenvalue weighted by Crippen LogP contribution is -2.00. The summed E-state index contributed by atoms with van der Waals surface area (Å²) in [7, 11) is 0. The van der Waals surface area contributed by atoms with E-state index in [1.54, 1.807) is 6.07 Å². The maximum absolute atomic E-state index is 14.6. The number of H-pyrrole nitrogens is 2. The van der Waals surface area contributed by atoms with Gasteiger partial charge >= 0.3 is 6.01 Å². The number of nitrogens with one attached hydrogen (secondary N) is 4. The third kappa shape index (κ3) is 4.85. The smallest absolute Gasteiger partial charge is 0.321 e. The maximum Gasteiger partial charge on any atom is 0.321 e. The van der Waals surface area contributed by atoms with E-state index >= 15 is 0 Å². The first-order chi connectivity index (χ1) is 16.0. The average Bonchev–Trinajstić information content (AvgIpc) is 3.41. The van der Waals surface area contributed by atoms with Gasteiger partial charge in [-0.05, 0) is 36.8 Å². The number of nitrogens with zero attached hydrogens (tertiary/aromatic N) is 4. The molecule has 4 N–H and O–H groups in total. The van der Waals surface area contributed by atoms with Crippen molar-refractivity contribution in [3.05, 3.63) is 77.0 Å². The molecule has 0 radical (unpaired) electrons. The topological polar surface area (TPSA) is 116 Å². The molecule has 0 aliphatic rings. The lowest BCUT2D eigenvalue weighted by Gasteiger charge is -2.06. The predicted octanol–water partition coefficient (Wildman–Crippen LogP) is 5.32. The van der Waals surface area contributed by atoms with Gasteiger partial charge in [0.05, 0.1) is 22.9 Å². The molecule has 11 heteroatoms. The monoisotopic (exact) mass is 464 g/mol. The van der Waals surface area contributed by atoms with Crippen molar-refractivity contribution < 1.29 is 9.13 Å². The number of aromatic nitrogens is 6. The third-order valence-corrected chi connectivity index (χ3v) is 4.90. The minimum Gasteiger partial charge on any atom is -0.424 e. The van der Waals surface area contributed by atoms with Crippen molar-refractivity contribution in [1.82, 2.24) is 30.1 Å². The van der Waals surface area contributed by atoms with Crippen LogP contribution < -0.4 is 15.4 Å². The Morgan fingerprint density at radius 3 is 2.61 bits per heavy atom. The molecule has 0 saturated carbocycles. The highest BCUT2D eigenvalue weighted by molar-refractivity contribution is 6.30. The van der Waals surface area contributed by atoms with Crippen LogP contribution in [0.1, 0.15) is 11.3 Å². The highest BCUT2D eigenvalue weighted by Gasteiger charge is 2.11. The van der Waals surface area contributed by atoms with E-state index in [9.17, 15) is 4.39 Å². The average molecular weight is 465 g/mol. The van der Waals surface area contributed by atoms with Gasteiger partial charge in [-0.1, -0.05) is 23.7 Å². The molecular formula is C22H18ClFN8O. The highest BCUT2D eigenvalue weighted by atomic mass is 35.5. The van der Waals surface area contributed by atoms with Crippen molar-refractivity contribution in [2.75, 3.05) is 10.6 Å². The van der Waals surface area contributed by atoms with Crippen molar-refractivity contribution in [2.45, 2.75) is 13.5 Å². The first-order valence-corrected chi connectivity index (χ1v) is 10.4. The van der Waals surface area contributed by atoms with Gasteiger partial charge in [-0.25, -0.2) is 19.3 Å². The van der Waals surface area contributed by atoms with E-state index in [0.717, 1.165) is 11.3 Å². The molecule has 5 aromatic rings. The molecule has 166 valence electrons. The molecule has 0 aliphatic carbocycles. The molecular weight excluding hydrogens is 447 g/mol. The molecule has 0 amide bonds. The molecule has 3 aromatic heterocycles. The zero-order valence-electron chi connectivity index (χ0n) is 17.4. The second-order valence-electron chi connectivity index (χ2n) is 7.28. The van der Waals surface area contributed by atoms with Gasteiger partial charge in [-0.2, -0.15) is 5.10 Å². The number of hydrogen-bond acceptors (Lipinski definition) is 7. The Morgan fingerprint density at radius 1 is 1.09 bits per heavy atom. The quantitative estimate of drug-likeness (QED) is 0.257. The van der Waals surface area contributed by atoms with Crippen molar-refractivity contribution in [3.8, 4) is 11.8 Å². The number of hydrogen-bond donors (Lipinski definition) is 4. The minimum atomic E-state index is -0.433. The summed E-state index contributed by atoms with van der Waals surface area (Å²) in [5.41, 5.74) is 3.29. The third-order valence-electron chi connectivity index (χ3n) is 4.71. The Balaban J connectivity index is 1.24. The van der Waals surface area contributed by atoms with Crippen LogP contribution in [0.15, 0.2) is 54.9 Å². The summed E-state index contributed by atoms with van der Waals surface area (Å²) in [6.45, 7) is 2.38. The first-order valence-electron chi connectivity index (χ1n) is 9.98. The summed E-state index contributed by atoms with van der Waals surface area (Å²) < 4.78 is 20.2. The number of rotatable bonds is 7. The maximum atomic E-state index is 14.6. The van der Waals surface area contributed by atoms with E-state index in [2.05, 4.69) is 40.8 Å². The summed E-state index contributed by atoms with van der Waals surface area (Å²) in [5.74, 6) is 1.24. The van der Waals surface area contributed by atoms with Crippen LogP contribution in [0.3, 0.4) is 0 Å². The predicted molar refractivity (Wildman–Crippen MR) is 124 cm³/mol. The number of fused-ring (bicyclic) bond motifs is 1. The largest absolute Gasteiger partial charge is 0.424 e. The summed E-state index contributed by atoms with van der Waals surface area (Å²) in [6, 6.07) is 12.6. The van der Waals surface area contributed by atoms with Gasteiger partial charge in [0.15, 0.2) is 11.6 Å². The van der Waals surface area contributed by atoms with Gasteiger partial charge in [-0.3, -0.25) is 5.10 Å². The fourth-order valence-electron chi connectivity index (χ4n) is 3.18. The molecule has 0 unspecified atom stereocenters. The Labute approximate surface area is 192 Å². The van der Waals surface area contributed by atoms with Crippen LogP contribution in [0.5, 0.6) is 11.8 Å². The van der Waals surface area contributed by atoms with E-state index in [1.807, 2.05) is 37.3 Å². The van der Waals surface area contributed by atoms with Crippen molar-refractivity contribution in [1.29, 1.82) is 0 Å². The van der Waals surface area contributed by atoms with Crippen molar-refractivity contribution >= 4 is 40.1 Å². The zero-order chi connectivity index (χ0) is 22.8. The lowest BCUT2D eigenvalue weighted by molar-refractivity contribution is 0.441. The number of imidazole rings is 1. The van der Waals surface area contributed by atoms with Crippen LogP contribution in [0.4, 0.5) is 21.8 Å². The Hall–Kier alpha value is -4.18. The number of anilines is 3.